The second-order valence-electron chi connectivity index (χ2n) is 5.80. The Morgan fingerprint density at radius 3 is 2.80 bits per heavy atom. The molecule has 0 spiro atoms. The van der Waals surface area contributed by atoms with E-state index in [2.05, 4.69) is 17.2 Å². The van der Waals surface area contributed by atoms with E-state index in [0.29, 0.717) is 6.04 Å². The molecule has 1 N–H and O–H groups in total. The normalized spacial score (nSPS) is 18.6. The number of aliphatic imine (C=N–C) groups is 1. The Balaban J connectivity index is 2.07. The lowest BCUT2D eigenvalue weighted by Crippen LogP contribution is -2.27. The van der Waals surface area contributed by atoms with Crippen molar-refractivity contribution in [3.8, 4) is 0 Å². The molecule has 2 rings (SSSR count). The van der Waals surface area contributed by atoms with Crippen LogP contribution < -0.4 is 5.32 Å². The van der Waals surface area contributed by atoms with Gasteiger partial charge in [-0.15, -0.1) is 11.8 Å². The summed E-state index contributed by atoms with van der Waals surface area (Å²) in [4.78, 5) is 16.3. The molecule has 1 aromatic rings. The van der Waals surface area contributed by atoms with Crippen LogP contribution in [-0.4, -0.2) is 28.5 Å². The number of amides is 1. The molecule has 1 unspecified atom stereocenters. The number of benzene rings is 1. The molecule has 1 aliphatic rings. The van der Waals surface area contributed by atoms with E-state index < -0.39 is 11.7 Å². The van der Waals surface area contributed by atoms with Crippen molar-refractivity contribution in [2.45, 2.75) is 39.3 Å². The lowest BCUT2D eigenvalue weighted by molar-refractivity contribution is 0.0636. The Morgan fingerprint density at radius 2 is 2.20 bits per heavy atom. The minimum absolute atomic E-state index is 0.359. The highest BCUT2D eigenvalue weighted by Crippen LogP contribution is 2.24. The number of hydrogen-bond acceptors (Lipinski definition) is 4. The van der Waals surface area contributed by atoms with Gasteiger partial charge < -0.3 is 4.74 Å². The Hall–Kier alpha value is -1.49. The molecule has 0 saturated carbocycles. The van der Waals surface area contributed by atoms with E-state index in [1.54, 1.807) is 11.8 Å². The van der Waals surface area contributed by atoms with Crippen LogP contribution in [0.15, 0.2) is 29.3 Å². The van der Waals surface area contributed by atoms with Crippen molar-refractivity contribution >= 4 is 28.6 Å². The fourth-order valence-electron chi connectivity index (χ4n) is 1.78. The average molecular weight is 292 g/mol. The Morgan fingerprint density at radius 1 is 1.45 bits per heavy atom. The molecule has 0 radical (unpaired) electrons. The largest absolute Gasteiger partial charge is 0.444 e. The van der Waals surface area contributed by atoms with Crippen LogP contribution in [0.4, 0.5) is 10.5 Å². The van der Waals surface area contributed by atoms with Crippen molar-refractivity contribution < 1.29 is 9.53 Å². The summed E-state index contributed by atoms with van der Waals surface area (Å²) in [6.07, 6.45) is -0.441. The van der Waals surface area contributed by atoms with Gasteiger partial charge in [0.05, 0.1) is 11.1 Å². The first-order valence-electron chi connectivity index (χ1n) is 6.64. The van der Waals surface area contributed by atoms with E-state index >= 15 is 0 Å². The second kappa shape index (κ2) is 5.87. The van der Waals surface area contributed by atoms with Crippen LogP contribution in [-0.2, 0) is 4.74 Å². The van der Waals surface area contributed by atoms with Gasteiger partial charge in [0.2, 0.25) is 0 Å². The molecule has 1 atom stereocenters. The number of carbonyl (C=O) groups is 1. The van der Waals surface area contributed by atoms with Gasteiger partial charge in [-0.25, -0.2) is 4.79 Å². The SMILES string of the molecule is CC1CSC(c2cccc(NC(=O)OC(C)(C)C)c2)=N1. The number of carbonyl (C=O) groups excluding carboxylic acids is 1. The molecule has 0 saturated heterocycles. The molecule has 20 heavy (non-hydrogen) atoms. The van der Waals surface area contributed by atoms with E-state index in [-0.39, 0.29) is 0 Å². The number of anilines is 1. The second-order valence-corrected chi connectivity index (χ2v) is 6.81. The highest BCUT2D eigenvalue weighted by atomic mass is 32.2. The van der Waals surface area contributed by atoms with E-state index in [1.807, 2.05) is 45.0 Å². The minimum Gasteiger partial charge on any atom is -0.444 e. The summed E-state index contributed by atoms with van der Waals surface area (Å²) >= 11 is 1.75. The van der Waals surface area contributed by atoms with Gasteiger partial charge in [-0.3, -0.25) is 10.3 Å². The van der Waals surface area contributed by atoms with Crippen LogP contribution in [0, 0.1) is 0 Å². The van der Waals surface area contributed by atoms with Crippen LogP contribution in [0.3, 0.4) is 0 Å². The lowest BCUT2D eigenvalue weighted by atomic mass is 10.2. The van der Waals surface area contributed by atoms with Crippen molar-refractivity contribution in [1.29, 1.82) is 0 Å². The fourth-order valence-corrected chi connectivity index (χ4v) is 2.81. The Kier molecular flexibility index (Phi) is 4.38. The van der Waals surface area contributed by atoms with Crippen LogP contribution in [0.1, 0.15) is 33.3 Å². The molecule has 1 aliphatic heterocycles. The predicted octanol–water partition coefficient (Wildman–Crippen LogP) is 3.92. The number of nitrogens with one attached hydrogen (secondary N) is 1. The van der Waals surface area contributed by atoms with Crippen LogP contribution in [0.5, 0.6) is 0 Å². The number of hydrogen-bond donors (Lipinski definition) is 1. The molecule has 5 heteroatoms. The third-order valence-corrected chi connectivity index (χ3v) is 3.82. The maximum atomic E-state index is 11.7. The van der Waals surface area contributed by atoms with Crippen molar-refractivity contribution in [3.05, 3.63) is 29.8 Å². The minimum atomic E-state index is -0.498. The molecule has 1 aromatic carbocycles. The zero-order valence-electron chi connectivity index (χ0n) is 12.3. The summed E-state index contributed by atoms with van der Waals surface area (Å²) in [5, 5.41) is 3.78. The maximum absolute atomic E-state index is 11.7. The van der Waals surface area contributed by atoms with Gasteiger partial charge in [-0.2, -0.15) is 0 Å². The van der Waals surface area contributed by atoms with Crippen molar-refractivity contribution in [3.63, 3.8) is 0 Å². The summed E-state index contributed by atoms with van der Waals surface area (Å²) in [6, 6.07) is 8.04. The third kappa shape index (κ3) is 4.27. The topological polar surface area (TPSA) is 50.7 Å². The Bertz CT molecular complexity index is 535. The monoisotopic (exact) mass is 292 g/mol. The number of rotatable bonds is 2. The number of nitrogens with zero attached hydrogens (tertiary/aromatic N) is 1. The standard InChI is InChI=1S/C15H20N2O2S/c1-10-9-20-13(16-10)11-6-5-7-12(8-11)17-14(18)19-15(2,3)4/h5-8,10H,9H2,1-4H3,(H,17,18). The van der Waals surface area contributed by atoms with E-state index in [4.69, 9.17) is 4.74 Å². The molecule has 0 bridgehead atoms. The highest BCUT2D eigenvalue weighted by molar-refractivity contribution is 8.14. The fraction of sp³-hybridized carbons (Fsp3) is 0.467. The van der Waals surface area contributed by atoms with Gasteiger partial charge in [-0.1, -0.05) is 12.1 Å². The Labute approximate surface area is 124 Å². The lowest BCUT2D eigenvalue weighted by Gasteiger charge is -2.19. The van der Waals surface area contributed by atoms with Gasteiger partial charge >= 0.3 is 6.09 Å². The van der Waals surface area contributed by atoms with Crippen molar-refractivity contribution in [1.82, 2.24) is 0 Å². The zero-order valence-corrected chi connectivity index (χ0v) is 13.1. The van der Waals surface area contributed by atoms with Gasteiger partial charge in [0.1, 0.15) is 5.60 Å². The molecule has 1 heterocycles. The average Bonchev–Trinajstić information content (AvgIpc) is 2.73. The van der Waals surface area contributed by atoms with Gasteiger partial charge in [0, 0.05) is 17.0 Å². The molecule has 1 amide bonds. The van der Waals surface area contributed by atoms with Crippen molar-refractivity contribution in [2.75, 3.05) is 11.1 Å². The highest BCUT2D eigenvalue weighted by Gasteiger charge is 2.18. The smallest absolute Gasteiger partial charge is 0.412 e. The molecule has 0 aliphatic carbocycles. The van der Waals surface area contributed by atoms with Gasteiger partial charge in [0.15, 0.2) is 0 Å². The van der Waals surface area contributed by atoms with Crippen LogP contribution >= 0.6 is 11.8 Å². The summed E-state index contributed by atoms with van der Waals surface area (Å²) in [6.45, 7) is 7.62. The van der Waals surface area contributed by atoms with E-state index in [9.17, 15) is 4.79 Å². The van der Waals surface area contributed by atoms with Gasteiger partial charge in [-0.05, 0) is 39.8 Å². The van der Waals surface area contributed by atoms with Crippen LogP contribution in [0.2, 0.25) is 0 Å². The molecule has 0 fully saturated rings. The van der Waals surface area contributed by atoms with Crippen molar-refractivity contribution in [2.24, 2.45) is 4.99 Å². The third-order valence-electron chi connectivity index (χ3n) is 2.55. The summed E-state index contributed by atoms with van der Waals surface area (Å²) < 4.78 is 5.24. The quantitative estimate of drug-likeness (QED) is 0.899. The molecular formula is C15H20N2O2S. The molecule has 0 aromatic heterocycles. The number of ether oxygens (including phenoxy) is 1. The number of thioether (sulfide) groups is 1. The molecule has 108 valence electrons. The summed E-state index contributed by atoms with van der Waals surface area (Å²) in [7, 11) is 0. The first-order valence-corrected chi connectivity index (χ1v) is 7.63. The molecular weight excluding hydrogens is 272 g/mol. The maximum Gasteiger partial charge on any atom is 0.412 e. The molecule has 4 nitrogen and oxygen atoms in total. The van der Waals surface area contributed by atoms with E-state index in [0.717, 1.165) is 22.0 Å². The van der Waals surface area contributed by atoms with Gasteiger partial charge in [0.25, 0.3) is 0 Å². The summed E-state index contributed by atoms with van der Waals surface area (Å²) in [5.41, 5.74) is 1.26. The summed E-state index contributed by atoms with van der Waals surface area (Å²) in [5.74, 6) is 1.01. The first kappa shape index (κ1) is 14.9. The van der Waals surface area contributed by atoms with Crippen LogP contribution in [0.25, 0.3) is 0 Å². The zero-order chi connectivity index (χ0) is 14.8. The first-order chi connectivity index (χ1) is 9.33. The predicted molar refractivity (Wildman–Crippen MR) is 84.8 cm³/mol. The van der Waals surface area contributed by atoms with E-state index in [1.165, 1.54) is 0 Å².